The quantitative estimate of drug-likeness (QED) is 0.385. The van der Waals surface area contributed by atoms with Gasteiger partial charge in [-0.1, -0.05) is 29.3 Å². The fourth-order valence-corrected chi connectivity index (χ4v) is 5.21. The molecule has 2 aliphatic rings. The number of aliphatic hydroxyl groups is 1. The molecule has 190 valence electrons. The molecule has 1 aromatic carbocycles. The van der Waals surface area contributed by atoms with Crippen molar-refractivity contribution in [2.24, 2.45) is 5.92 Å². The van der Waals surface area contributed by atoms with Crippen molar-refractivity contribution in [3.05, 3.63) is 33.8 Å². The van der Waals surface area contributed by atoms with Crippen LogP contribution in [0.5, 0.6) is 0 Å². The molecule has 0 aliphatic carbocycles. The van der Waals surface area contributed by atoms with Gasteiger partial charge in [0.2, 0.25) is 0 Å². The summed E-state index contributed by atoms with van der Waals surface area (Å²) in [6, 6.07) is 7.46. The first-order valence-corrected chi connectivity index (χ1v) is 11.8. The summed E-state index contributed by atoms with van der Waals surface area (Å²) in [7, 11) is 2.27. The summed E-state index contributed by atoms with van der Waals surface area (Å²) in [5.74, 6) is -3.94. The molecule has 2 bridgehead atoms. The van der Waals surface area contributed by atoms with Gasteiger partial charge in [0.25, 0.3) is 0 Å². The molecule has 0 radical (unpaired) electrons. The van der Waals surface area contributed by atoms with Gasteiger partial charge in [-0.05, 0) is 56.8 Å². The standard InChI is InChI=1S/C17H23Cl2NO.C6H8O7/c1-3-21-10-14-13(9-12-5-7-17(14)20(12)2)11-4-6-15(18)16(19)8-11;7-3(8)1-6(13,5(11)12)2-4(9)10/h4,6,8,12-14,17H,3,5,7,9-10H2,1-2H3;13H,1-2H2,(H,7,8)(H,9,10)(H,11,12)/t12?,13-,14?,17?;/m1./s1. The molecule has 1 aromatic rings. The van der Waals surface area contributed by atoms with Crippen LogP contribution in [0.25, 0.3) is 0 Å². The van der Waals surface area contributed by atoms with Crippen molar-refractivity contribution in [3.8, 4) is 0 Å². The number of hydrogen-bond acceptors (Lipinski definition) is 6. The molecule has 34 heavy (non-hydrogen) atoms. The van der Waals surface area contributed by atoms with E-state index in [1.54, 1.807) is 0 Å². The average Bonchev–Trinajstić information content (AvgIpc) is 2.97. The number of nitrogens with zero attached hydrogens (tertiary/aromatic N) is 1. The second kappa shape index (κ2) is 12.2. The maximum atomic E-state index is 10.3. The molecule has 2 heterocycles. The van der Waals surface area contributed by atoms with E-state index in [0.29, 0.717) is 34.0 Å². The Hall–Kier alpha value is -1.91. The van der Waals surface area contributed by atoms with Gasteiger partial charge in [-0.15, -0.1) is 0 Å². The van der Waals surface area contributed by atoms with Crippen molar-refractivity contribution in [1.29, 1.82) is 0 Å². The number of benzene rings is 1. The highest BCUT2D eigenvalue weighted by molar-refractivity contribution is 6.42. The summed E-state index contributed by atoms with van der Waals surface area (Å²) in [5.41, 5.74) is -1.42. The van der Waals surface area contributed by atoms with E-state index in [9.17, 15) is 14.4 Å². The summed E-state index contributed by atoms with van der Waals surface area (Å²) in [4.78, 5) is 33.1. The Morgan fingerprint density at radius 3 is 2.21 bits per heavy atom. The number of halogens is 2. The Morgan fingerprint density at radius 2 is 1.71 bits per heavy atom. The maximum absolute atomic E-state index is 10.3. The van der Waals surface area contributed by atoms with Crippen LogP contribution < -0.4 is 0 Å². The Balaban J connectivity index is 0.000000273. The molecule has 0 aromatic heterocycles. The van der Waals surface area contributed by atoms with E-state index in [4.69, 9.17) is 48.4 Å². The topological polar surface area (TPSA) is 145 Å². The van der Waals surface area contributed by atoms with Crippen LogP contribution in [-0.2, 0) is 19.1 Å². The van der Waals surface area contributed by atoms with Crippen LogP contribution in [0.15, 0.2) is 18.2 Å². The second-order valence-corrected chi connectivity index (χ2v) is 9.60. The third kappa shape index (κ3) is 7.05. The molecular formula is C23H31Cl2NO8. The lowest BCUT2D eigenvalue weighted by Gasteiger charge is -2.43. The number of fused-ring (bicyclic) bond motifs is 2. The largest absolute Gasteiger partial charge is 0.481 e. The molecule has 11 heteroatoms. The van der Waals surface area contributed by atoms with Crippen molar-refractivity contribution in [1.82, 2.24) is 4.90 Å². The predicted molar refractivity (Wildman–Crippen MR) is 125 cm³/mol. The Kier molecular flexibility index (Phi) is 10.1. The van der Waals surface area contributed by atoms with Crippen LogP contribution in [0, 0.1) is 5.92 Å². The van der Waals surface area contributed by atoms with Crippen molar-refractivity contribution in [2.45, 2.75) is 62.6 Å². The lowest BCUT2D eigenvalue weighted by molar-refractivity contribution is -0.170. The van der Waals surface area contributed by atoms with Crippen LogP contribution in [-0.4, -0.2) is 81.2 Å². The minimum absolute atomic E-state index is 0.528. The van der Waals surface area contributed by atoms with Gasteiger partial charge in [-0.2, -0.15) is 0 Å². The number of hydrogen-bond donors (Lipinski definition) is 4. The lowest BCUT2D eigenvalue weighted by atomic mass is 9.76. The zero-order valence-corrected chi connectivity index (χ0v) is 20.6. The monoisotopic (exact) mass is 519 g/mol. The first kappa shape index (κ1) is 28.3. The molecule has 9 nitrogen and oxygen atoms in total. The zero-order valence-electron chi connectivity index (χ0n) is 19.1. The van der Waals surface area contributed by atoms with Gasteiger partial charge >= 0.3 is 17.9 Å². The fourth-order valence-electron chi connectivity index (χ4n) is 4.90. The Bertz CT molecular complexity index is 880. The summed E-state index contributed by atoms with van der Waals surface area (Å²) < 4.78 is 5.79. The van der Waals surface area contributed by atoms with E-state index in [2.05, 4.69) is 31.0 Å². The van der Waals surface area contributed by atoms with Gasteiger partial charge < -0.3 is 30.1 Å². The highest BCUT2D eigenvalue weighted by atomic mass is 35.5. The van der Waals surface area contributed by atoms with Gasteiger partial charge in [0.15, 0.2) is 5.60 Å². The van der Waals surface area contributed by atoms with Crippen molar-refractivity contribution >= 4 is 41.1 Å². The van der Waals surface area contributed by atoms with Crippen molar-refractivity contribution in [2.75, 3.05) is 20.3 Å². The molecule has 3 unspecified atom stereocenters. The van der Waals surface area contributed by atoms with Gasteiger partial charge in [-0.3, -0.25) is 9.59 Å². The third-order valence-electron chi connectivity index (χ3n) is 6.60. The molecular weight excluding hydrogens is 489 g/mol. The van der Waals surface area contributed by atoms with Gasteiger partial charge in [0, 0.05) is 24.6 Å². The Labute approximate surface area is 208 Å². The Morgan fingerprint density at radius 1 is 1.09 bits per heavy atom. The number of rotatable bonds is 9. The van der Waals surface area contributed by atoms with E-state index < -0.39 is 36.4 Å². The number of carboxylic acids is 3. The molecule has 0 saturated carbocycles. The SMILES string of the molecule is CCOCC1C2CCC(C[C@@H]1c1ccc(Cl)c(Cl)c1)N2C.O=C(O)CC(O)(CC(=O)O)C(=O)O. The fraction of sp³-hybridized carbons (Fsp3) is 0.609. The first-order chi connectivity index (χ1) is 15.9. The van der Waals surface area contributed by atoms with Crippen LogP contribution in [0.3, 0.4) is 0 Å². The normalized spacial score (nSPS) is 24.3. The molecule has 2 fully saturated rings. The van der Waals surface area contributed by atoms with Crippen LogP contribution >= 0.6 is 23.2 Å². The van der Waals surface area contributed by atoms with Crippen molar-refractivity contribution in [3.63, 3.8) is 0 Å². The van der Waals surface area contributed by atoms with Crippen LogP contribution in [0.1, 0.15) is 50.5 Å². The molecule has 0 amide bonds. The predicted octanol–water partition coefficient (Wildman–Crippen LogP) is 3.35. The summed E-state index contributed by atoms with van der Waals surface area (Å²) in [6.45, 7) is 3.69. The van der Waals surface area contributed by atoms with Gasteiger partial charge in [0.1, 0.15) is 0 Å². The smallest absolute Gasteiger partial charge is 0.336 e. The summed E-state index contributed by atoms with van der Waals surface area (Å²) >= 11 is 12.3. The highest BCUT2D eigenvalue weighted by Crippen LogP contribution is 2.46. The first-order valence-electron chi connectivity index (χ1n) is 11.0. The number of aliphatic carboxylic acids is 3. The number of carbonyl (C=O) groups is 3. The summed E-state index contributed by atoms with van der Waals surface area (Å²) in [6.07, 6.45) is 1.50. The zero-order chi connectivity index (χ0) is 25.6. The molecule has 2 aliphatic heterocycles. The molecule has 3 rings (SSSR count). The van der Waals surface area contributed by atoms with Crippen LogP contribution in [0.4, 0.5) is 0 Å². The van der Waals surface area contributed by atoms with E-state index in [0.717, 1.165) is 13.2 Å². The lowest BCUT2D eigenvalue weighted by Crippen LogP contribution is -2.47. The van der Waals surface area contributed by atoms with E-state index >= 15 is 0 Å². The summed E-state index contributed by atoms with van der Waals surface area (Å²) in [5, 5.41) is 35.1. The van der Waals surface area contributed by atoms with E-state index in [1.807, 2.05) is 6.07 Å². The average molecular weight is 520 g/mol. The molecule has 4 N–H and O–H groups in total. The minimum atomic E-state index is -2.74. The molecule has 0 spiro atoms. The van der Waals surface area contributed by atoms with Gasteiger partial charge in [-0.25, -0.2) is 4.79 Å². The minimum Gasteiger partial charge on any atom is -0.481 e. The van der Waals surface area contributed by atoms with E-state index in [1.165, 1.54) is 24.8 Å². The van der Waals surface area contributed by atoms with Gasteiger partial charge in [0.05, 0.1) is 29.5 Å². The van der Waals surface area contributed by atoms with Crippen molar-refractivity contribution < 1.29 is 39.5 Å². The van der Waals surface area contributed by atoms with E-state index in [-0.39, 0.29) is 0 Å². The number of piperidine rings is 1. The van der Waals surface area contributed by atoms with Crippen LogP contribution in [0.2, 0.25) is 10.0 Å². The molecule has 4 atom stereocenters. The highest BCUT2D eigenvalue weighted by Gasteiger charge is 2.46. The molecule has 2 saturated heterocycles. The third-order valence-corrected chi connectivity index (χ3v) is 7.34. The number of ether oxygens (including phenoxy) is 1. The number of carboxylic acid groups (broad SMARTS) is 3. The maximum Gasteiger partial charge on any atom is 0.336 e. The second-order valence-electron chi connectivity index (χ2n) is 8.78.